The molecule has 0 aromatic heterocycles. The van der Waals surface area contributed by atoms with Crippen molar-refractivity contribution < 1.29 is 25.0 Å². The third-order valence-corrected chi connectivity index (χ3v) is 3.51. The lowest BCUT2D eigenvalue weighted by Crippen LogP contribution is -2.45. The standard InChI is InChI=1S/C13H18N2O6/c1-3-13(6-16,7-17)14-10-4-9(12(18)19)5-11(8(10)2)15(20)21/h4-5,14,16-17H,3,6-7H2,1-2H3,(H,18,19). The minimum Gasteiger partial charge on any atom is -0.478 e. The van der Waals surface area contributed by atoms with Gasteiger partial charge in [0.1, 0.15) is 0 Å². The van der Waals surface area contributed by atoms with Crippen LogP contribution < -0.4 is 5.32 Å². The van der Waals surface area contributed by atoms with E-state index >= 15 is 0 Å². The summed E-state index contributed by atoms with van der Waals surface area (Å²) in [6.45, 7) is 2.40. The summed E-state index contributed by atoms with van der Waals surface area (Å²) < 4.78 is 0. The number of carboxylic acid groups (broad SMARTS) is 1. The number of benzene rings is 1. The Kier molecular flexibility index (Phi) is 5.23. The molecule has 0 spiro atoms. The smallest absolute Gasteiger partial charge is 0.336 e. The van der Waals surface area contributed by atoms with Crippen molar-refractivity contribution in [3.63, 3.8) is 0 Å². The fraction of sp³-hybridized carbons (Fsp3) is 0.462. The van der Waals surface area contributed by atoms with Crippen molar-refractivity contribution in [1.82, 2.24) is 0 Å². The molecule has 4 N–H and O–H groups in total. The number of aliphatic hydroxyl groups is 2. The van der Waals surface area contributed by atoms with Gasteiger partial charge in [0, 0.05) is 17.3 Å². The zero-order valence-corrected chi connectivity index (χ0v) is 11.8. The monoisotopic (exact) mass is 298 g/mol. The van der Waals surface area contributed by atoms with Gasteiger partial charge in [-0.2, -0.15) is 0 Å². The predicted octanol–water partition coefficient (Wildman–Crippen LogP) is 1.15. The van der Waals surface area contributed by atoms with E-state index in [4.69, 9.17) is 5.11 Å². The Bertz CT molecular complexity index is 546. The van der Waals surface area contributed by atoms with E-state index in [1.165, 1.54) is 13.0 Å². The van der Waals surface area contributed by atoms with E-state index in [0.29, 0.717) is 6.42 Å². The second kappa shape index (κ2) is 6.51. The van der Waals surface area contributed by atoms with Crippen LogP contribution in [0.3, 0.4) is 0 Å². The van der Waals surface area contributed by atoms with Gasteiger partial charge in [-0.25, -0.2) is 4.79 Å². The molecule has 0 bridgehead atoms. The van der Waals surface area contributed by atoms with Gasteiger partial charge in [-0.3, -0.25) is 10.1 Å². The van der Waals surface area contributed by atoms with E-state index in [-0.39, 0.29) is 22.5 Å². The van der Waals surface area contributed by atoms with E-state index in [1.54, 1.807) is 6.92 Å². The van der Waals surface area contributed by atoms with E-state index in [0.717, 1.165) is 6.07 Å². The van der Waals surface area contributed by atoms with Crippen molar-refractivity contribution in [2.24, 2.45) is 0 Å². The van der Waals surface area contributed by atoms with Gasteiger partial charge in [-0.15, -0.1) is 0 Å². The van der Waals surface area contributed by atoms with Crippen molar-refractivity contribution >= 4 is 17.3 Å². The van der Waals surface area contributed by atoms with Crippen LogP contribution in [0.2, 0.25) is 0 Å². The Morgan fingerprint density at radius 3 is 2.33 bits per heavy atom. The number of aliphatic hydroxyl groups excluding tert-OH is 2. The Hall–Kier alpha value is -2.19. The fourth-order valence-electron chi connectivity index (χ4n) is 1.87. The lowest BCUT2D eigenvalue weighted by atomic mass is 9.96. The van der Waals surface area contributed by atoms with Crippen molar-refractivity contribution in [3.05, 3.63) is 33.4 Å². The summed E-state index contributed by atoms with van der Waals surface area (Å²) in [5.74, 6) is -1.30. The summed E-state index contributed by atoms with van der Waals surface area (Å²) in [5, 5.41) is 41.7. The van der Waals surface area contributed by atoms with Crippen molar-refractivity contribution in [3.8, 4) is 0 Å². The molecule has 0 aliphatic heterocycles. The van der Waals surface area contributed by atoms with Crippen molar-refractivity contribution in [2.45, 2.75) is 25.8 Å². The van der Waals surface area contributed by atoms with Crippen LogP contribution in [0.5, 0.6) is 0 Å². The van der Waals surface area contributed by atoms with Crippen LogP contribution in [0.4, 0.5) is 11.4 Å². The Morgan fingerprint density at radius 2 is 1.95 bits per heavy atom. The molecule has 8 nitrogen and oxygen atoms in total. The molecular weight excluding hydrogens is 280 g/mol. The summed E-state index contributed by atoms with van der Waals surface area (Å²) in [7, 11) is 0. The van der Waals surface area contributed by atoms with Crippen molar-refractivity contribution in [1.29, 1.82) is 0 Å². The molecule has 1 aromatic rings. The molecule has 21 heavy (non-hydrogen) atoms. The molecule has 0 amide bonds. The highest BCUT2D eigenvalue weighted by atomic mass is 16.6. The minimum atomic E-state index is -1.30. The highest BCUT2D eigenvalue weighted by Crippen LogP contribution is 2.30. The lowest BCUT2D eigenvalue weighted by molar-refractivity contribution is -0.385. The van der Waals surface area contributed by atoms with Crippen molar-refractivity contribution in [2.75, 3.05) is 18.5 Å². The first kappa shape index (κ1) is 16.9. The first-order chi connectivity index (χ1) is 9.80. The molecule has 0 heterocycles. The van der Waals surface area contributed by atoms with Gasteiger partial charge >= 0.3 is 5.97 Å². The van der Waals surface area contributed by atoms with Gasteiger partial charge in [-0.1, -0.05) is 6.92 Å². The largest absolute Gasteiger partial charge is 0.478 e. The molecule has 116 valence electrons. The van der Waals surface area contributed by atoms with Crippen LogP contribution in [-0.2, 0) is 0 Å². The maximum Gasteiger partial charge on any atom is 0.336 e. The highest BCUT2D eigenvalue weighted by molar-refractivity contribution is 5.90. The number of carboxylic acids is 1. The van der Waals surface area contributed by atoms with E-state index in [9.17, 15) is 25.1 Å². The Morgan fingerprint density at radius 1 is 1.38 bits per heavy atom. The predicted molar refractivity (Wildman–Crippen MR) is 75.6 cm³/mol. The summed E-state index contributed by atoms with van der Waals surface area (Å²) in [4.78, 5) is 21.4. The van der Waals surface area contributed by atoms with Crippen LogP contribution in [0.1, 0.15) is 29.3 Å². The summed E-state index contributed by atoms with van der Waals surface area (Å²) in [6, 6.07) is 2.23. The number of aromatic carboxylic acids is 1. The third-order valence-electron chi connectivity index (χ3n) is 3.51. The lowest BCUT2D eigenvalue weighted by Gasteiger charge is -2.31. The molecule has 0 radical (unpaired) electrons. The fourth-order valence-corrected chi connectivity index (χ4v) is 1.87. The first-order valence-electron chi connectivity index (χ1n) is 6.32. The second-order valence-corrected chi connectivity index (χ2v) is 4.81. The van der Waals surface area contributed by atoms with E-state index in [2.05, 4.69) is 5.32 Å². The number of nitrogens with zero attached hydrogens (tertiary/aromatic N) is 1. The molecule has 1 aromatic carbocycles. The van der Waals surface area contributed by atoms with Gasteiger partial charge < -0.3 is 20.6 Å². The van der Waals surface area contributed by atoms with Gasteiger partial charge in [0.05, 0.1) is 29.2 Å². The molecule has 0 fully saturated rings. The number of carbonyl (C=O) groups is 1. The maximum atomic E-state index is 11.1. The van der Waals surface area contributed by atoms with Crippen LogP contribution >= 0.6 is 0 Å². The third kappa shape index (κ3) is 3.47. The first-order valence-corrected chi connectivity index (χ1v) is 6.32. The maximum absolute atomic E-state index is 11.1. The number of nitrogens with one attached hydrogen (secondary N) is 1. The van der Waals surface area contributed by atoms with Gasteiger partial charge in [-0.05, 0) is 19.4 Å². The minimum absolute atomic E-state index is 0.201. The SMILES string of the molecule is CCC(CO)(CO)Nc1cc(C(=O)O)cc([N+](=O)[O-])c1C. The number of anilines is 1. The molecule has 0 aliphatic rings. The normalized spacial score (nSPS) is 11.2. The quantitative estimate of drug-likeness (QED) is 0.438. The van der Waals surface area contributed by atoms with Gasteiger partial charge in [0.25, 0.3) is 5.69 Å². The van der Waals surface area contributed by atoms with Crippen LogP contribution in [0.15, 0.2) is 12.1 Å². The molecule has 8 heteroatoms. The summed E-state index contributed by atoms with van der Waals surface area (Å²) in [5.41, 5.74) is -1.21. The number of hydrogen-bond donors (Lipinski definition) is 4. The van der Waals surface area contributed by atoms with Crippen LogP contribution in [0.25, 0.3) is 0 Å². The molecule has 0 saturated heterocycles. The molecule has 0 unspecified atom stereocenters. The van der Waals surface area contributed by atoms with E-state index < -0.39 is 29.6 Å². The summed E-state index contributed by atoms with van der Waals surface area (Å²) >= 11 is 0. The van der Waals surface area contributed by atoms with Crippen LogP contribution in [0, 0.1) is 17.0 Å². The number of hydrogen-bond acceptors (Lipinski definition) is 6. The average molecular weight is 298 g/mol. The Labute approximate surface area is 121 Å². The number of rotatable bonds is 7. The summed E-state index contributed by atoms with van der Waals surface area (Å²) in [6.07, 6.45) is 0.352. The number of nitro groups is 1. The van der Waals surface area contributed by atoms with Gasteiger partial charge in [0.15, 0.2) is 0 Å². The number of nitro benzene ring substituents is 1. The van der Waals surface area contributed by atoms with E-state index in [1.807, 2.05) is 0 Å². The molecule has 0 atom stereocenters. The van der Waals surface area contributed by atoms with Crippen LogP contribution in [-0.4, -0.2) is 45.0 Å². The zero-order chi connectivity index (χ0) is 16.2. The molecule has 1 rings (SSSR count). The molecular formula is C13H18N2O6. The van der Waals surface area contributed by atoms with Gasteiger partial charge in [0.2, 0.25) is 0 Å². The molecule has 0 aliphatic carbocycles. The zero-order valence-electron chi connectivity index (χ0n) is 11.8. The Balaban J connectivity index is 3.40. The highest BCUT2D eigenvalue weighted by Gasteiger charge is 2.29. The average Bonchev–Trinajstić information content (AvgIpc) is 2.46. The molecule has 0 saturated carbocycles. The second-order valence-electron chi connectivity index (χ2n) is 4.81. The topological polar surface area (TPSA) is 133 Å².